The van der Waals surface area contributed by atoms with Gasteiger partial charge in [0.05, 0.1) is 28.8 Å². The van der Waals surface area contributed by atoms with E-state index in [1.54, 1.807) is 18.4 Å². The zero-order valence-corrected chi connectivity index (χ0v) is 17.8. The second kappa shape index (κ2) is 7.85. The van der Waals surface area contributed by atoms with E-state index < -0.39 is 0 Å². The third-order valence-corrected chi connectivity index (χ3v) is 7.13. The Morgan fingerprint density at radius 2 is 2.03 bits per heavy atom. The number of methoxy groups -OCH3 is 1. The third kappa shape index (κ3) is 3.11. The van der Waals surface area contributed by atoms with Crippen LogP contribution in [0.15, 0.2) is 52.6 Å². The number of benzene rings is 1. The Kier molecular flexibility index (Phi) is 5.05. The van der Waals surface area contributed by atoms with E-state index in [1.165, 1.54) is 5.56 Å². The van der Waals surface area contributed by atoms with Gasteiger partial charge in [-0.05, 0) is 47.9 Å². The molecule has 0 N–H and O–H groups in total. The van der Waals surface area contributed by atoms with Gasteiger partial charge >= 0.3 is 0 Å². The molecule has 0 radical (unpaired) electrons. The molecular weight excluding hydrogens is 396 g/mol. The monoisotopic (exact) mass is 420 g/mol. The highest BCUT2D eigenvalue weighted by atomic mass is 32.1. The molecule has 4 heterocycles. The number of hydrogen-bond acceptors (Lipinski definition) is 4. The average Bonchev–Trinajstić information content (AvgIpc) is 3.44. The summed E-state index contributed by atoms with van der Waals surface area (Å²) < 4.78 is 7.18. The van der Waals surface area contributed by atoms with E-state index in [2.05, 4.69) is 6.07 Å². The summed E-state index contributed by atoms with van der Waals surface area (Å²) in [6.07, 6.45) is 2.74. The van der Waals surface area contributed by atoms with Crippen molar-refractivity contribution >= 4 is 17.2 Å². The number of pyridine rings is 1. The van der Waals surface area contributed by atoms with E-state index in [9.17, 15) is 9.59 Å². The Morgan fingerprint density at radius 1 is 1.20 bits per heavy atom. The number of nitrogens with zero attached hydrogens (tertiary/aromatic N) is 2. The molecule has 1 aromatic carbocycles. The second-order valence-corrected chi connectivity index (χ2v) is 8.83. The number of hydrogen-bond donors (Lipinski definition) is 0. The second-order valence-electron chi connectivity index (χ2n) is 7.92. The van der Waals surface area contributed by atoms with Crippen molar-refractivity contribution in [2.75, 3.05) is 20.3 Å². The number of rotatable bonds is 4. The van der Waals surface area contributed by atoms with Gasteiger partial charge in [0.15, 0.2) is 0 Å². The van der Waals surface area contributed by atoms with E-state index in [0.717, 1.165) is 41.9 Å². The maximum Gasteiger partial charge on any atom is 0.258 e. The molecule has 1 fully saturated rings. The molecule has 30 heavy (non-hydrogen) atoms. The molecule has 2 aromatic heterocycles. The molecule has 0 bridgehead atoms. The fourth-order valence-electron chi connectivity index (χ4n) is 4.71. The van der Waals surface area contributed by atoms with E-state index in [1.807, 2.05) is 51.2 Å². The molecular formula is C24H24N2O3S. The van der Waals surface area contributed by atoms with Gasteiger partial charge in [0.1, 0.15) is 0 Å². The van der Waals surface area contributed by atoms with Crippen molar-refractivity contribution in [3.05, 3.63) is 69.3 Å². The van der Waals surface area contributed by atoms with Crippen molar-refractivity contribution in [3.8, 4) is 21.7 Å². The summed E-state index contributed by atoms with van der Waals surface area (Å²) in [7, 11) is 1.68. The normalized spacial score (nSPS) is 17.6. The summed E-state index contributed by atoms with van der Waals surface area (Å²) >= 11 is 1.61. The van der Waals surface area contributed by atoms with Gasteiger partial charge in [-0.2, -0.15) is 0 Å². The highest BCUT2D eigenvalue weighted by molar-refractivity contribution is 7.13. The molecule has 154 valence electrons. The molecule has 1 atom stereocenters. The number of likely N-dealkylation sites (tertiary alicyclic amines) is 1. The van der Waals surface area contributed by atoms with Crippen molar-refractivity contribution in [3.63, 3.8) is 0 Å². The number of amides is 1. The predicted molar refractivity (Wildman–Crippen MR) is 119 cm³/mol. The molecule has 2 aliphatic heterocycles. The molecule has 1 amide bonds. The van der Waals surface area contributed by atoms with Gasteiger partial charge in [-0.25, -0.2) is 0 Å². The standard InChI is InChI=1S/C24H24N2O3S/c1-29-15-18-8-5-11-25(18)24(28)20-14-19(16-6-3-2-4-7-16)23(27)26-12-9-17-10-13-30-22(17)21(20)26/h2-4,6-7,10,13-14,18H,5,8-9,11-12,15H2,1H3/t18-/m0/s1. The van der Waals surface area contributed by atoms with Gasteiger partial charge in [0.25, 0.3) is 11.5 Å². The van der Waals surface area contributed by atoms with Crippen molar-refractivity contribution in [1.29, 1.82) is 0 Å². The van der Waals surface area contributed by atoms with E-state index in [4.69, 9.17) is 4.74 Å². The number of carbonyl (C=O) groups excluding carboxylic acids is 1. The summed E-state index contributed by atoms with van der Waals surface area (Å²) in [4.78, 5) is 30.2. The van der Waals surface area contributed by atoms with Crippen molar-refractivity contribution in [1.82, 2.24) is 9.47 Å². The maximum absolute atomic E-state index is 13.8. The number of fused-ring (bicyclic) bond motifs is 3. The van der Waals surface area contributed by atoms with Crippen LogP contribution in [-0.2, 0) is 17.7 Å². The van der Waals surface area contributed by atoms with Crippen molar-refractivity contribution < 1.29 is 9.53 Å². The molecule has 1 saturated heterocycles. The topological polar surface area (TPSA) is 51.5 Å². The molecule has 5 nitrogen and oxygen atoms in total. The first-order chi connectivity index (χ1) is 14.7. The minimum absolute atomic E-state index is 0.00303. The van der Waals surface area contributed by atoms with Gasteiger partial charge in [0.2, 0.25) is 0 Å². The first-order valence-corrected chi connectivity index (χ1v) is 11.3. The van der Waals surface area contributed by atoms with Crippen LogP contribution < -0.4 is 5.56 Å². The Bertz CT molecular complexity index is 1150. The summed E-state index contributed by atoms with van der Waals surface area (Å²) in [6.45, 7) is 1.86. The fraction of sp³-hybridized carbons (Fsp3) is 0.333. The van der Waals surface area contributed by atoms with Crippen LogP contribution in [0, 0.1) is 0 Å². The molecule has 0 spiro atoms. The lowest BCUT2D eigenvalue weighted by atomic mass is 9.97. The molecule has 0 saturated carbocycles. The number of aryl methyl sites for hydroxylation is 1. The minimum Gasteiger partial charge on any atom is -0.383 e. The molecule has 3 aromatic rings. The first kappa shape index (κ1) is 19.3. The van der Waals surface area contributed by atoms with Crippen molar-refractivity contribution in [2.24, 2.45) is 0 Å². The summed E-state index contributed by atoms with van der Waals surface area (Å²) in [6, 6.07) is 13.7. The van der Waals surface area contributed by atoms with Crippen LogP contribution in [0.4, 0.5) is 0 Å². The van der Waals surface area contributed by atoms with Crippen LogP contribution in [0.2, 0.25) is 0 Å². The Labute approximate surface area is 179 Å². The zero-order valence-electron chi connectivity index (χ0n) is 17.0. The predicted octanol–water partition coefficient (Wildman–Crippen LogP) is 4.05. The minimum atomic E-state index is -0.0262. The van der Waals surface area contributed by atoms with Crippen LogP contribution in [0.25, 0.3) is 21.7 Å². The van der Waals surface area contributed by atoms with Crippen LogP contribution >= 0.6 is 11.3 Å². The van der Waals surface area contributed by atoms with Gasteiger partial charge in [-0.15, -0.1) is 11.3 Å². The highest BCUT2D eigenvalue weighted by Crippen LogP contribution is 2.37. The molecule has 0 unspecified atom stereocenters. The van der Waals surface area contributed by atoms with Gasteiger partial charge in [0, 0.05) is 25.8 Å². The largest absolute Gasteiger partial charge is 0.383 e. The Morgan fingerprint density at radius 3 is 2.83 bits per heavy atom. The highest BCUT2D eigenvalue weighted by Gasteiger charge is 2.34. The lowest BCUT2D eigenvalue weighted by Gasteiger charge is -2.28. The maximum atomic E-state index is 13.8. The summed E-state index contributed by atoms with van der Waals surface area (Å²) in [5, 5.41) is 2.05. The van der Waals surface area contributed by atoms with Crippen molar-refractivity contribution in [2.45, 2.75) is 31.8 Å². The van der Waals surface area contributed by atoms with E-state index in [0.29, 0.717) is 24.3 Å². The molecule has 6 heteroatoms. The van der Waals surface area contributed by atoms with E-state index in [-0.39, 0.29) is 17.5 Å². The van der Waals surface area contributed by atoms with Gasteiger partial charge in [-0.3, -0.25) is 9.59 Å². The average molecular weight is 421 g/mol. The zero-order chi connectivity index (χ0) is 20.7. The lowest BCUT2D eigenvalue weighted by Crippen LogP contribution is -2.39. The number of ether oxygens (including phenoxy) is 1. The summed E-state index contributed by atoms with van der Waals surface area (Å²) in [5.41, 5.74) is 4.03. The first-order valence-electron chi connectivity index (χ1n) is 10.4. The molecule has 2 aliphatic rings. The van der Waals surface area contributed by atoms with Gasteiger partial charge in [-0.1, -0.05) is 30.3 Å². The lowest BCUT2D eigenvalue weighted by molar-refractivity contribution is 0.0630. The summed E-state index contributed by atoms with van der Waals surface area (Å²) in [5.74, 6) is -0.00303. The van der Waals surface area contributed by atoms with E-state index >= 15 is 0 Å². The van der Waals surface area contributed by atoms with Crippen LogP contribution in [0.3, 0.4) is 0 Å². The Balaban J connectivity index is 1.71. The smallest absolute Gasteiger partial charge is 0.258 e. The molecule has 5 rings (SSSR count). The number of carbonyl (C=O) groups is 1. The van der Waals surface area contributed by atoms with Crippen LogP contribution in [-0.4, -0.2) is 41.7 Å². The van der Waals surface area contributed by atoms with Crippen LogP contribution in [0.5, 0.6) is 0 Å². The fourth-order valence-corrected chi connectivity index (χ4v) is 5.73. The number of aromatic nitrogens is 1. The number of thiophene rings is 1. The molecule has 0 aliphatic carbocycles. The third-order valence-electron chi connectivity index (χ3n) is 6.17. The Hall–Kier alpha value is -2.70. The quantitative estimate of drug-likeness (QED) is 0.640. The SMILES string of the molecule is COC[C@@H]1CCCN1C(=O)c1cc(-c2ccccc2)c(=O)n2c1-c1sccc1CC2. The van der Waals surface area contributed by atoms with Gasteiger partial charge < -0.3 is 14.2 Å². The van der Waals surface area contributed by atoms with Crippen LogP contribution in [0.1, 0.15) is 28.8 Å².